The number of aryl methyl sites for hydroxylation is 1. The smallest absolute Gasteiger partial charge is 0.329 e. The zero-order chi connectivity index (χ0) is 14.2. The number of aliphatic carboxylic acids is 1. The summed E-state index contributed by atoms with van der Waals surface area (Å²) in [5.41, 5.74) is 0.155. The number of amides is 1. The van der Waals surface area contributed by atoms with E-state index in [0.717, 1.165) is 5.56 Å². The van der Waals surface area contributed by atoms with Crippen molar-refractivity contribution >= 4 is 23.5 Å². The second kappa shape index (κ2) is 4.85. The van der Waals surface area contributed by atoms with E-state index in [0.29, 0.717) is 30.0 Å². The lowest BCUT2D eigenvalue weighted by atomic mass is 9.98. The first-order valence-electron chi connectivity index (χ1n) is 6.18. The fraction of sp³-hybridized carbons (Fsp3) is 0.429. The molecule has 1 heterocycles. The van der Waals surface area contributed by atoms with Crippen molar-refractivity contribution in [3.8, 4) is 0 Å². The van der Waals surface area contributed by atoms with E-state index >= 15 is 0 Å². The third-order valence-electron chi connectivity index (χ3n) is 3.78. The minimum atomic E-state index is -1.12. The number of carbonyl (C=O) groups excluding carboxylic acids is 1. The van der Waals surface area contributed by atoms with Crippen molar-refractivity contribution in [3.63, 3.8) is 0 Å². The number of likely N-dealkylation sites (tertiary alicyclic amines) is 1. The molecule has 0 saturated carbocycles. The highest BCUT2D eigenvalue weighted by atomic mass is 35.5. The molecule has 0 spiro atoms. The largest absolute Gasteiger partial charge is 0.480 e. The topological polar surface area (TPSA) is 57.6 Å². The summed E-state index contributed by atoms with van der Waals surface area (Å²) in [6, 6.07) is 5.08. The Kier molecular flexibility index (Phi) is 3.54. The zero-order valence-electron chi connectivity index (χ0n) is 10.9. The molecule has 1 aliphatic heterocycles. The van der Waals surface area contributed by atoms with E-state index in [9.17, 15) is 14.7 Å². The molecule has 2 rings (SSSR count). The van der Waals surface area contributed by atoms with Crippen LogP contribution in [-0.4, -0.2) is 34.0 Å². The Balaban J connectivity index is 2.39. The van der Waals surface area contributed by atoms with Gasteiger partial charge in [0.15, 0.2) is 0 Å². The number of carbonyl (C=O) groups is 2. The number of carboxylic acid groups (broad SMARTS) is 1. The SMILES string of the molecule is Cc1ccc(Cl)cc1C(=O)N1CCCC1(C)C(=O)O. The monoisotopic (exact) mass is 281 g/mol. The molecule has 1 unspecified atom stereocenters. The molecule has 5 heteroatoms. The van der Waals surface area contributed by atoms with Gasteiger partial charge in [-0.2, -0.15) is 0 Å². The summed E-state index contributed by atoms with van der Waals surface area (Å²) in [6.45, 7) is 3.88. The first-order chi connectivity index (χ1) is 8.86. The highest BCUT2D eigenvalue weighted by Crippen LogP contribution is 2.31. The van der Waals surface area contributed by atoms with Crippen molar-refractivity contribution in [1.82, 2.24) is 4.90 Å². The van der Waals surface area contributed by atoms with Gasteiger partial charge in [-0.05, 0) is 44.4 Å². The van der Waals surface area contributed by atoms with Gasteiger partial charge >= 0.3 is 5.97 Å². The molecule has 0 bridgehead atoms. The van der Waals surface area contributed by atoms with E-state index in [-0.39, 0.29) is 5.91 Å². The molecule has 1 fully saturated rings. The molecule has 0 radical (unpaired) electrons. The summed E-state index contributed by atoms with van der Waals surface area (Å²) in [6.07, 6.45) is 1.18. The summed E-state index contributed by atoms with van der Waals surface area (Å²) in [5.74, 6) is -1.22. The maximum atomic E-state index is 12.5. The van der Waals surface area contributed by atoms with Crippen LogP contribution in [0.15, 0.2) is 18.2 Å². The van der Waals surface area contributed by atoms with Crippen molar-refractivity contribution < 1.29 is 14.7 Å². The molecular formula is C14H16ClNO3. The van der Waals surface area contributed by atoms with Gasteiger partial charge in [0, 0.05) is 17.1 Å². The van der Waals surface area contributed by atoms with Crippen LogP contribution in [0.1, 0.15) is 35.7 Å². The van der Waals surface area contributed by atoms with Crippen LogP contribution in [0.25, 0.3) is 0 Å². The summed E-state index contributed by atoms with van der Waals surface area (Å²) < 4.78 is 0. The lowest BCUT2D eigenvalue weighted by Crippen LogP contribution is -2.50. The van der Waals surface area contributed by atoms with E-state index in [4.69, 9.17) is 11.6 Å². The number of benzene rings is 1. The molecule has 1 amide bonds. The predicted molar refractivity (Wildman–Crippen MR) is 72.5 cm³/mol. The Morgan fingerprint density at radius 3 is 2.74 bits per heavy atom. The first-order valence-corrected chi connectivity index (χ1v) is 6.55. The van der Waals surface area contributed by atoms with Crippen molar-refractivity contribution in [2.75, 3.05) is 6.54 Å². The zero-order valence-corrected chi connectivity index (χ0v) is 11.7. The molecule has 19 heavy (non-hydrogen) atoms. The second-order valence-electron chi connectivity index (χ2n) is 5.10. The fourth-order valence-corrected chi connectivity index (χ4v) is 2.65. The van der Waals surface area contributed by atoms with Crippen LogP contribution in [0.2, 0.25) is 5.02 Å². The summed E-state index contributed by atoms with van der Waals surface area (Å²) in [4.78, 5) is 25.4. The van der Waals surface area contributed by atoms with Gasteiger partial charge in [-0.15, -0.1) is 0 Å². The molecule has 1 saturated heterocycles. The van der Waals surface area contributed by atoms with E-state index in [2.05, 4.69) is 0 Å². The summed E-state index contributed by atoms with van der Waals surface area (Å²) >= 11 is 5.91. The Bertz CT molecular complexity index is 543. The molecule has 1 aromatic rings. The van der Waals surface area contributed by atoms with Crippen molar-refractivity contribution in [2.24, 2.45) is 0 Å². The maximum absolute atomic E-state index is 12.5. The number of halogens is 1. The third-order valence-corrected chi connectivity index (χ3v) is 4.01. The number of rotatable bonds is 2. The van der Waals surface area contributed by atoms with E-state index < -0.39 is 11.5 Å². The Labute approximate surface area is 117 Å². The summed E-state index contributed by atoms with van der Waals surface area (Å²) in [5, 5.41) is 9.82. The molecular weight excluding hydrogens is 266 g/mol. The Morgan fingerprint density at radius 2 is 2.11 bits per heavy atom. The van der Waals surface area contributed by atoms with Crippen LogP contribution in [-0.2, 0) is 4.79 Å². The molecule has 1 aliphatic rings. The van der Waals surface area contributed by atoms with Gasteiger partial charge in [-0.25, -0.2) is 4.79 Å². The lowest BCUT2D eigenvalue weighted by Gasteiger charge is -2.31. The molecule has 1 N–H and O–H groups in total. The van der Waals surface area contributed by atoms with Crippen LogP contribution in [0.3, 0.4) is 0 Å². The van der Waals surface area contributed by atoms with E-state index in [1.165, 1.54) is 4.90 Å². The van der Waals surface area contributed by atoms with Gasteiger partial charge in [0.1, 0.15) is 5.54 Å². The quantitative estimate of drug-likeness (QED) is 0.907. The molecule has 1 atom stereocenters. The highest BCUT2D eigenvalue weighted by Gasteiger charge is 2.46. The lowest BCUT2D eigenvalue weighted by molar-refractivity contribution is -0.147. The minimum Gasteiger partial charge on any atom is -0.480 e. The summed E-state index contributed by atoms with van der Waals surface area (Å²) in [7, 11) is 0. The van der Waals surface area contributed by atoms with Gasteiger partial charge < -0.3 is 10.0 Å². The van der Waals surface area contributed by atoms with Crippen molar-refractivity contribution in [3.05, 3.63) is 34.3 Å². The highest BCUT2D eigenvalue weighted by molar-refractivity contribution is 6.31. The molecule has 4 nitrogen and oxygen atoms in total. The van der Waals surface area contributed by atoms with Crippen LogP contribution < -0.4 is 0 Å². The first kappa shape index (κ1) is 13.9. The Hall–Kier alpha value is -1.55. The molecule has 0 aliphatic carbocycles. The maximum Gasteiger partial charge on any atom is 0.329 e. The van der Waals surface area contributed by atoms with E-state index in [1.54, 1.807) is 25.1 Å². The number of carboxylic acids is 1. The van der Waals surface area contributed by atoms with Crippen LogP contribution >= 0.6 is 11.6 Å². The van der Waals surface area contributed by atoms with Crippen molar-refractivity contribution in [2.45, 2.75) is 32.2 Å². The normalized spacial score (nSPS) is 22.6. The number of hydrogen-bond acceptors (Lipinski definition) is 2. The van der Waals surface area contributed by atoms with Crippen molar-refractivity contribution in [1.29, 1.82) is 0 Å². The van der Waals surface area contributed by atoms with Gasteiger partial charge in [-0.1, -0.05) is 17.7 Å². The standard InChI is InChI=1S/C14H16ClNO3/c1-9-4-5-10(15)8-11(9)12(17)16-7-3-6-14(16,2)13(18)19/h4-5,8H,3,6-7H2,1-2H3,(H,18,19). The van der Waals surface area contributed by atoms with Crippen LogP contribution in [0.4, 0.5) is 0 Å². The van der Waals surface area contributed by atoms with Crippen LogP contribution in [0.5, 0.6) is 0 Å². The number of nitrogens with zero attached hydrogens (tertiary/aromatic N) is 1. The average Bonchev–Trinajstić information content (AvgIpc) is 2.75. The third kappa shape index (κ3) is 2.32. The average molecular weight is 282 g/mol. The predicted octanol–water partition coefficient (Wildman–Crippen LogP) is 2.73. The van der Waals surface area contributed by atoms with Gasteiger partial charge in [0.2, 0.25) is 0 Å². The molecule has 102 valence electrons. The van der Waals surface area contributed by atoms with Gasteiger partial charge in [0.25, 0.3) is 5.91 Å². The van der Waals surface area contributed by atoms with E-state index in [1.807, 2.05) is 6.92 Å². The Morgan fingerprint density at radius 1 is 1.42 bits per heavy atom. The molecule has 1 aromatic carbocycles. The van der Waals surface area contributed by atoms with Gasteiger partial charge in [-0.3, -0.25) is 4.79 Å². The number of hydrogen-bond donors (Lipinski definition) is 1. The second-order valence-corrected chi connectivity index (χ2v) is 5.54. The minimum absolute atomic E-state index is 0.262. The molecule has 0 aromatic heterocycles. The fourth-order valence-electron chi connectivity index (χ4n) is 2.48. The van der Waals surface area contributed by atoms with Gasteiger partial charge in [0.05, 0.1) is 0 Å². The van der Waals surface area contributed by atoms with Crippen LogP contribution in [0, 0.1) is 6.92 Å².